The Kier molecular flexibility index (Phi) is 4.34. The molecule has 2 aliphatic carbocycles. The van der Waals surface area contributed by atoms with E-state index in [9.17, 15) is 19.8 Å². The molecule has 0 aromatic heterocycles. The molecule has 2 saturated carbocycles. The highest BCUT2D eigenvalue weighted by molar-refractivity contribution is 9.09. The minimum Gasteiger partial charge on any atom is -0.459 e. The van der Waals surface area contributed by atoms with Gasteiger partial charge in [-0.3, -0.25) is 0 Å². The van der Waals surface area contributed by atoms with Crippen LogP contribution in [0.5, 0.6) is 0 Å². The molecule has 7 nitrogen and oxygen atoms in total. The molecule has 27 heavy (non-hydrogen) atoms. The Hall–Kier alpha value is -1.22. The summed E-state index contributed by atoms with van der Waals surface area (Å²) in [6.07, 6.45) is -1.20. The summed E-state index contributed by atoms with van der Waals surface area (Å²) in [6, 6.07) is 0. The number of hydrogen-bond donors (Lipinski definition) is 2. The summed E-state index contributed by atoms with van der Waals surface area (Å²) >= 11 is 3.10. The molecule has 0 radical (unpaired) electrons. The van der Waals surface area contributed by atoms with Gasteiger partial charge in [-0.25, -0.2) is 9.59 Å². The van der Waals surface area contributed by atoms with Crippen LogP contribution in [0.3, 0.4) is 0 Å². The van der Waals surface area contributed by atoms with E-state index in [1.54, 1.807) is 0 Å². The molecule has 4 fully saturated rings. The van der Waals surface area contributed by atoms with Crippen molar-refractivity contribution in [2.45, 2.75) is 49.3 Å². The number of carbonyl (C=O) groups is 2. The lowest BCUT2D eigenvalue weighted by Crippen LogP contribution is -2.45. The Morgan fingerprint density at radius 2 is 2.15 bits per heavy atom. The largest absolute Gasteiger partial charge is 0.459 e. The van der Waals surface area contributed by atoms with Gasteiger partial charge < -0.3 is 24.4 Å². The summed E-state index contributed by atoms with van der Waals surface area (Å²) in [5.41, 5.74) is -1.37. The predicted molar refractivity (Wildman–Crippen MR) is 96.9 cm³/mol. The quantitative estimate of drug-likeness (QED) is 0.219. The lowest BCUT2D eigenvalue weighted by molar-refractivity contribution is -0.170. The molecule has 4 rings (SSSR count). The van der Waals surface area contributed by atoms with E-state index in [1.165, 1.54) is 6.92 Å². The summed E-state index contributed by atoms with van der Waals surface area (Å²) in [4.78, 5) is 24.7. The standard InChI is InChI=1S/C19H23BrO7/c1-8-4-11(26-17(23)18(3,24)6-20)13-9(2)16(22)27-15(13)14-10(8)5-12(21)19(14)7-25-19/h10-15,21,24H,1-2,4-7H2,3H3/t10-,11-,12-,13+,14-,15-,18+,19+/m0/s1. The lowest BCUT2D eigenvalue weighted by Gasteiger charge is -2.31. The second-order valence-corrected chi connectivity index (χ2v) is 8.82. The third-order valence-electron chi connectivity index (χ3n) is 6.48. The SMILES string of the molecule is C=C1C(=O)O[C@H]2[C@H]1[C@@H](OC(=O)[C@](C)(O)CBr)CC(=C)[C@@H]1C[C@H](O)[C@]3(CO3)[C@H]21. The number of carbonyl (C=O) groups excluding carboxylic acids is 2. The molecule has 0 amide bonds. The lowest BCUT2D eigenvalue weighted by atomic mass is 9.78. The van der Waals surface area contributed by atoms with Crippen molar-refractivity contribution < 1.29 is 34.0 Å². The first kappa shape index (κ1) is 19.1. The zero-order valence-corrected chi connectivity index (χ0v) is 16.6. The van der Waals surface area contributed by atoms with Gasteiger partial charge in [-0.05, 0) is 19.3 Å². The fourth-order valence-electron chi connectivity index (χ4n) is 4.86. The van der Waals surface area contributed by atoms with E-state index in [4.69, 9.17) is 14.2 Å². The van der Waals surface area contributed by atoms with Crippen LogP contribution in [0.25, 0.3) is 0 Å². The average molecular weight is 443 g/mol. The number of alkyl halides is 1. The van der Waals surface area contributed by atoms with Crippen molar-refractivity contribution in [2.75, 3.05) is 11.9 Å². The van der Waals surface area contributed by atoms with Gasteiger partial charge in [0.2, 0.25) is 0 Å². The molecule has 0 unspecified atom stereocenters. The minimum atomic E-state index is -1.69. The van der Waals surface area contributed by atoms with E-state index in [0.29, 0.717) is 19.4 Å². The van der Waals surface area contributed by atoms with Crippen LogP contribution in [-0.4, -0.2) is 63.6 Å². The van der Waals surface area contributed by atoms with Crippen molar-refractivity contribution in [3.8, 4) is 0 Å². The highest BCUT2D eigenvalue weighted by Gasteiger charge is 2.71. The molecule has 0 aromatic carbocycles. The number of rotatable bonds is 3. The van der Waals surface area contributed by atoms with Crippen LogP contribution in [0.1, 0.15) is 19.8 Å². The van der Waals surface area contributed by atoms with Crippen LogP contribution >= 0.6 is 15.9 Å². The predicted octanol–water partition coefficient (Wildman–Crippen LogP) is 0.868. The van der Waals surface area contributed by atoms with Gasteiger partial charge in [0.1, 0.15) is 17.8 Å². The average Bonchev–Trinajstić information content (AvgIpc) is 3.29. The van der Waals surface area contributed by atoms with E-state index in [-0.39, 0.29) is 22.7 Å². The highest BCUT2D eigenvalue weighted by atomic mass is 79.9. The second kappa shape index (κ2) is 6.14. The van der Waals surface area contributed by atoms with Gasteiger partial charge in [0.05, 0.1) is 18.6 Å². The zero-order chi connectivity index (χ0) is 19.7. The van der Waals surface area contributed by atoms with Crippen molar-refractivity contribution in [1.29, 1.82) is 0 Å². The molecule has 148 valence electrons. The first-order valence-electron chi connectivity index (χ1n) is 9.01. The molecule has 4 aliphatic rings. The number of aliphatic hydroxyl groups is 2. The number of halogens is 1. The number of epoxide rings is 1. The van der Waals surface area contributed by atoms with Crippen LogP contribution in [0.2, 0.25) is 0 Å². The third kappa shape index (κ3) is 2.72. The summed E-state index contributed by atoms with van der Waals surface area (Å²) in [7, 11) is 0. The van der Waals surface area contributed by atoms with Crippen molar-refractivity contribution in [1.82, 2.24) is 0 Å². The van der Waals surface area contributed by atoms with Gasteiger partial charge in [0, 0.05) is 23.2 Å². The molecule has 2 heterocycles. The summed E-state index contributed by atoms with van der Waals surface area (Å²) in [5.74, 6) is -2.23. The smallest absolute Gasteiger partial charge is 0.339 e. The van der Waals surface area contributed by atoms with Gasteiger partial charge in [-0.2, -0.15) is 0 Å². The fraction of sp³-hybridized carbons (Fsp3) is 0.684. The molecule has 8 heteroatoms. The van der Waals surface area contributed by atoms with Crippen molar-refractivity contribution in [3.63, 3.8) is 0 Å². The molecule has 2 N–H and O–H groups in total. The van der Waals surface area contributed by atoms with Crippen LogP contribution in [0.15, 0.2) is 24.3 Å². The number of fused-ring (bicyclic) bond motifs is 4. The van der Waals surface area contributed by atoms with E-state index in [0.717, 1.165) is 5.57 Å². The molecular weight excluding hydrogens is 420 g/mol. The van der Waals surface area contributed by atoms with Crippen LogP contribution < -0.4 is 0 Å². The number of esters is 2. The van der Waals surface area contributed by atoms with Gasteiger partial charge in [0.15, 0.2) is 5.60 Å². The summed E-state index contributed by atoms with van der Waals surface area (Å²) < 4.78 is 16.9. The zero-order valence-electron chi connectivity index (χ0n) is 15.0. The van der Waals surface area contributed by atoms with E-state index in [2.05, 4.69) is 29.1 Å². The molecule has 8 atom stereocenters. The normalized spacial score (nSPS) is 45.0. The topological polar surface area (TPSA) is 106 Å². The van der Waals surface area contributed by atoms with Crippen molar-refractivity contribution in [3.05, 3.63) is 24.3 Å². The minimum absolute atomic E-state index is 0.0192. The Balaban J connectivity index is 1.69. The molecule has 0 bridgehead atoms. The Labute approximate surface area is 165 Å². The van der Waals surface area contributed by atoms with Crippen LogP contribution in [0.4, 0.5) is 0 Å². The molecule has 1 spiro atoms. The van der Waals surface area contributed by atoms with Crippen LogP contribution in [-0.2, 0) is 23.8 Å². The highest BCUT2D eigenvalue weighted by Crippen LogP contribution is 2.60. The Morgan fingerprint density at radius 3 is 2.74 bits per heavy atom. The monoisotopic (exact) mass is 442 g/mol. The summed E-state index contributed by atoms with van der Waals surface area (Å²) in [5, 5.41) is 20.7. The maximum Gasteiger partial charge on any atom is 0.339 e. The third-order valence-corrected chi connectivity index (χ3v) is 7.57. The number of aliphatic hydroxyl groups excluding tert-OH is 1. The van der Waals surface area contributed by atoms with E-state index in [1.807, 2.05) is 0 Å². The Morgan fingerprint density at radius 1 is 1.48 bits per heavy atom. The van der Waals surface area contributed by atoms with Crippen molar-refractivity contribution in [2.24, 2.45) is 17.8 Å². The first-order valence-corrected chi connectivity index (χ1v) is 10.1. The second-order valence-electron chi connectivity index (χ2n) is 8.26. The first-order chi connectivity index (χ1) is 12.6. The molecular formula is C19H23BrO7. The van der Waals surface area contributed by atoms with E-state index >= 15 is 0 Å². The summed E-state index contributed by atoms with van der Waals surface area (Å²) in [6.45, 7) is 9.77. The van der Waals surface area contributed by atoms with Gasteiger partial charge in [-0.15, -0.1) is 0 Å². The number of hydrogen-bond acceptors (Lipinski definition) is 7. The van der Waals surface area contributed by atoms with Gasteiger partial charge >= 0.3 is 11.9 Å². The maximum absolute atomic E-state index is 12.4. The molecule has 2 aliphatic heterocycles. The Bertz CT molecular complexity index is 726. The molecule has 2 saturated heterocycles. The fourth-order valence-corrected chi connectivity index (χ4v) is 5.08. The van der Waals surface area contributed by atoms with Crippen LogP contribution in [0, 0.1) is 17.8 Å². The van der Waals surface area contributed by atoms with Gasteiger partial charge in [-0.1, -0.05) is 34.7 Å². The van der Waals surface area contributed by atoms with E-state index < -0.39 is 47.4 Å². The van der Waals surface area contributed by atoms with Crippen molar-refractivity contribution >= 4 is 27.9 Å². The maximum atomic E-state index is 12.4. The van der Waals surface area contributed by atoms with Gasteiger partial charge in [0.25, 0.3) is 0 Å². The molecule has 0 aromatic rings. The number of ether oxygens (including phenoxy) is 3.